The molecule has 0 spiro atoms. The molecule has 5 heteroatoms. The SMILES string of the molecule is N#CC1(C(=O)NCC2(O)CCSC2)CCC1. The van der Waals surface area contributed by atoms with Crippen molar-refractivity contribution in [1.82, 2.24) is 5.32 Å². The van der Waals surface area contributed by atoms with Gasteiger partial charge in [0, 0.05) is 12.3 Å². The maximum atomic E-state index is 11.8. The van der Waals surface area contributed by atoms with Crippen LogP contribution in [0.1, 0.15) is 25.7 Å². The molecule has 1 atom stereocenters. The number of thioether (sulfide) groups is 1. The Morgan fingerprint density at radius 2 is 2.25 bits per heavy atom. The van der Waals surface area contributed by atoms with Crippen LogP contribution >= 0.6 is 11.8 Å². The van der Waals surface area contributed by atoms with Gasteiger partial charge >= 0.3 is 0 Å². The van der Waals surface area contributed by atoms with Gasteiger partial charge in [-0.15, -0.1) is 0 Å². The van der Waals surface area contributed by atoms with E-state index < -0.39 is 11.0 Å². The highest BCUT2D eigenvalue weighted by molar-refractivity contribution is 7.99. The van der Waals surface area contributed by atoms with Gasteiger partial charge in [-0.1, -0.05) is 0 Å². The summed E-state index contributed by atoms with van der Waals surface area (Å²) in [5.74, 6) is 1.41. The summed E-state index contributed by atoms with van der Waals surface area (Å²) in [5.41, 5.74) is -1.57. The van der Waals surface area contributed by atoms with Gasteiger partial charge in [-0.05, 0) is 31.4 Å². The van der Waals surface area contributed by atoms with Crippen LogP contribution in [0.25, 0.3) is 0 Å². The lowest BCUT2D eigenvalue weighted by Crippen LogP contribution is -2.50. The standard InChI is InChI=1S/C11H16N2O2S/c12-6-10(2-1-3-10)9(14)13-7-11(15)4-5-16-8-11/h15H,1-5,7-8H2,(H,13,14). The van der Waals surface area contributed by atoms with Crippen molar-refractivity contribution in [2.75, 3.05) is 18.1 Å². The van der Waals surface area contributed by atoms with Crippen molar-refractivity contribution in [3.05, 3.63) is 0 Å². The van der Waals surface area contributed by atoms with Gasteiger partial charge in [0.1, 0.15) is 5.41 Å². The number of nitrogens with one attached hydrogen (secondary N) is 1. The predicted octanol–water partition coefficient (Wildman–Crippen LogP) is 0.664. The fourth-order valence-corrected chi connectivity index (χ4v) is 3.36. The Hall–Kier alpha value is -0.730. The smallest absolute Gasteiger partial charge is 0.240 e. The Morgan fingerprint density at radius 3 is 2.69 bits per heavy atom. The molecule has 1 aliphatic carbocycles. The summed E-state index contributed by atoms with van der Waals surface area (Å²) < 4.78 is 0. The lowest BCUT2D eigenvalue weighted by atomic mass is 9.69. The van der Waals surface area contributed by atoms with Crippen LogP contribution in [0.5, 0.6) is 0 Å². The molecule has 2 fully saturated rings. The molecule has 1 aliphatic heterocycles. The van der Waals surface area contributed by atoms with E-state index in [1.165, 1.54) is 0 Å². The molecule has 1 unspecified atom stereocenters. The topological polar surface area (TPSA) is 73.1 Å². The highest BCUT2D eigenvalue weighted by Gasteiger charge is 2.45. The van der Waals surface area contributed by atoms with Crippen molar-refractivity contribution in [3.8, 4) is 6.07 Å². The Balaban J connectivity index is 1.86. The van der Waals surface area contributed by atoms with Gasteiger partial charge in [0.2, 0.25) is 5.91 Å². The molecule has 0 aromatic heterocycles. The molecule has 0 aromatic carbocycles. The molecule has 88 valence electrons. The number of hydrogen-bond donors (Lipinski definition) is 2. The number of rotatable bonds is 3. The van der Waals surface area contributed by atoms with Crippen molar-refractivity contribution in [1.29, 1.82) is 5.26 Å². The van der Waals surface area contributed by atoms with Gasteiger partial charge < -0.3 is 10.4 Å². The van der Waals surface area contributed by atoms with Gasteiger partial charge in [-0.2, -0.15) is 17.0 Å². The van der Waals surface area contributed by atoms with Crippen LogP contribution in [0.4, 0.5) is 0 Å². The summed E-state index contributed by atoms with van der Waals surface area (Å²) >= 11 is 1.70. The monoisotopic (exact) mass is 240 g/mol. The number of nitriles is 1. The summed E-state index contributed by atoms with van der Waals surface area (Å²) in [4.78, 5) is 11.8. The van der Waals surface area contributed by atoms with Crippen molar-refractivity contribution < 1.29 is 9.90 Å². The molecule has 4 nitrogen and oxygen atoms in total. The Kier molecular flexibility index (Phi) is 3.13. The van der Waals surface area contributed by atoms with Crippen LogP contribution in [0, 0.1) is 16.7 Å². The first kappa shape index (κ1) is 11.7. The molecule has 0 radical (unpaired) electrons. The largest absolute Gasteiger partial charge is 0.387 e. The van der Waals surface area contributed by atoms with Crippen LogP contribution in [0.15, 0.2) is 0 Å². The van der Waals surface area contributed by atoms with E-state index in [2.05, 4.69) is 11.4 Å². The average Bonchev–Trinajstić information content (AvgIpc) is 2.62. The minimum Gasteiger partial charge on any atom is -0.387 e. The summed E-state index contributed by atoms with van der Waals surface area (Å²) in [6.07, 6.45) is 2.98. The molecule has 2 aliphatic rings. The lowest BCUT2D eigenvalue weighted by Gasteiger charge is -2.34. The van der Waals surface area contributed by atoms with Crippen molar-refractivity contribution >= 4 is 17.7 Å². The van der Waals surface area contributed by atoms with Crippen LogP contribution < -0.4 is 5.32 Å². The zero-order valence-corrected chi connectivity index (χ0v) is 9.98. The van der Waals surface area contributed by atoms with Crippen LogP contribution in [-0.2, 0) is 4.79 Å². The number of carbonyl (C=O) groups excluding carboxylic acids is 1. The third-order valence-corrected chi connectivity index (χ3v) is 4.75. The van der Waals surface area contributed by atoms with E-state index in [1.54, 1.807) is 11.8 Å². The first-order valence-corrected chi connectivity index (χ1v) is 6.75. The predicted molar refractivity (Wildman–Crippen MR) is 61.8 cm³/mol. The van der Waals surface area contributed by atoms with Crippen molar-refractivity contribution in [2.24, 2.45) is 5.41 Å². The maximum Gasteiger partial charge on any atom is 0.240 e. The Bertz CT molecular complexity index is 327. The Labute approximate surface area is 99.4 Å². The quantitative estimate of drug-likeness (QED) is 0.760. The molecular weight excluding hydrogens is 224 g/mol. The minimum atomic E-state index is -0.803. The number of aliphatic hydroxyl groups is 1. The van der Waals surface area contributed by atoms with E-state index in [0.717, 1.165) is 18.6 Å². The third-order valence-electron chi connectivity index (χ3n) is 3.52. The summed E-state index contributed by atoms with van der Waals surface area (Å²) in [6, 6.07) is 2.10. The second-order valence-electron chi connectivity index (χ2n) is 4.76. The van der Waals surface area contributed by atoms with E-state index in [-0.39, 0.29) is 12.5 Å². The molecule has 0 aromatic rings. The summed E-state index contributed by atoms with van der Waals surface area (Å²) in [6.45, 7) is 0.280. The molecule has 2 N–H and O–H groups in total. The zero-order chi connectivity index (χ0) is 11.6. The molecule has 0 bridgehead atoms. The normalized spacial score (nSPS) is 31.5. The second-order valence-corrected chi connectivity index (χ2v) is 5.86. The highest BCUT2D eigenvalue weighted by atomic mass is 32.2. The first-order chi connectivity index (χ1) is 7.60. The van der Waals surface area contributed by atoms with E-state index in [9.17, 15) is 9.90 Å². The van der Waals surface area contributed by atoms with E-state index >= 15 is 0 Å². The number of carbonyl (C=O) groups is 1. The maximum absolute atomic E-state index is 11.8. The highest BCUT2D eigenvalue weighted by Crippen LogP contribution is 2.40. The second kappa shape index (κ2) is 4.27. The van der Waals surface area contributed by atoms with Gasteiger partial charge in [-0.3, -0.25) is 4.79 Å². The number of hydrogen-bond acceptors (Lipinski definition) is 4. The van der Waals surface area contributed by atoms with Crippen molar-refractivity contribution in [2.45, 2.75) is 31.3 Å². The van der Waals surface area contributed by atoms with Crippen LogP contribution in [0.3, 0.4) is 0 Å². The number of amides is 1. The molecular formula is C11H16N2O2S. The van der Waals surface area contributed by atoms with E-state index in [4.69, 9.17) is 5.26 Å². The third kappa shape index (κ3) is 2.04. The van der Waals surface area contributed by atoms with Gasteiger partial charge in [0.25, 0.3) is 0 Å². The molecule has 16 heavy (non-hydrogen) atoms. The van der Waals surface area contributed by atoms with Crippen LogP contribution in [-0.4, -0.2) is 34.7 Å². The lowest BCUT2D eigenvalue weighted by molar-refractivity contribution is -0.132. The molecule has 1 heterocycles. The van der Waals surface area contributed by atoms with Gasteiger partial charge in [0.05, 0.1) is 11.7 Å². The number of nitrogens with zero attached hydrogens (tertiary/aromatic N) is 1. The van der Waals surface area contributed by atoms with E-state index in [1.807, 2.05) is 0 Å². The van der Waals surface area contributed by atoms with E-state index in [0.29, 0.717) is 18.6 Å². The minimum absolute atomic E-state index is 0.202. The van der Waals surface area contributed by atoms with Crippen LogP contribution in [0.2, 0.25) is 0 Å². The Morgan fingerprint density at radius 1 is 1.50 bits per heavy atom. The zero-order valence-electron chi connectivity index (χ0n) is 9.16. The molecule has 2 rings (SSSR count). The fraction of sp³-hybridized carbons (Fsp3) is 0.818. The van der Waals surface area contributed by atoms with Gasteiger partial charge in [0.15, 0.2) is 0 Å². The fourth-order valence-electron chi connectivity index (χ4n) is 2.07. The molecule has 1 saturated heterocycles. The first-order valence-electron chi connectivity index (χ1n) is 5.60. The molecule has 1 amide bonds. The van der Waals surface area contributed by atoms with Gasteiger partial charge in [-0.25, -0.2) is 0 Å². The molecule has 1 saturated carbocycles. The van der Waals surface area contributed by atoms with Crippen molar-refractivity contribution in [3.63, 3.8) is 0 Å². The summed E-state index contributed by atoms with van der Waals surface area (Å²) in [5, 5.41) is 21.8. The summed E-state index contributed by atoms with van der Waals surface area (Å²) in [7, 11) is 0. The average molecular weight is 240 g/mol.